The summed E-state index contributed by atoms with van der Waals surface area (Å²) in [5, 5.41) is 9.38. The number of halogens is 1. The number of hydrogen-bond acceptors (Lipinski definition) is 2. The number of aliphatic hydroxyl groups excluding tert-OH is 1. The van der Waals surface area contributed by atoms with E-state index in [4.69, 9.17) is 4.74 Å². The fraction of sp³-hybridized carbons (Fsp3) is 0.400. The van der Waals surface area contributed by atoms with E-state index in [-0.39, 0.29) is 0 Å². The Kier molecular flexibility index (Phi) is 3.33. The van der Waals surface area contributed by atoms with Gasteiger partial charge in [0.1, 0.15) is 5.75 Å². The molecule has 0 aliphatic carbocycles. The van der Waals surface area contributed by atoms with Crippen LogP contribution in [0.15, 0.2) is 16.6 Å². The van der Waals surface area contributed by atoms with Crippen molar-refractivity contribution >= 4 is 15.9 Å². The van der Waals surface area contributed by atoms with Gasteiger partial charge in [0.2, 0.25) is 0 Å². The van der Waals surface area contributed by atoms with Crippen LogP contribution in [0.3, 0.4) is 0 Å². The van der Waals surface area contributed by atoms with Gasteiger partial charge in [0.25, 0.3) is 0 Å². The largest absolute Gasteiger partial charge is 0.496 e. The molecule has 0 saturated carbocycles. The average molecular weight is 245 g/mol. The second-order valence-electron chi connectivity index (χ2n) is 3.01. The Morgan fingerprint density at radius 3 is 2.54 bits per heavy atom. The van der Waals surface area contributed by atoms with E-state index >= 15 is 0 Å². The van der Waals surface area contributed by atoms with E-state index in [9.17, 15) is 5.11 Å². The highest BCUT2D eigenvalue weighted by atomic mass is 79.9. The summed E-state index contributed by atoms with van der Waals surface area (Å²) in [5.74, 6) is 0.797. The van der Waals surface area contributed by atoms with Gasteiger partial charge in [0.05, 0.1) is 13.2 Å². The van der Waals surface area contributed by atoms with E-state index in [0.29, 0.717) is 0 Å². The number of hydrogen-bond donors (Lipinski definition) is 1. The van der Waals surface area contributed by atoms with Gasteiger partial charge in [-0.05, 0) is 31.5 Å². The highest BCUT2D eigenvalue weighted by molar-refractivity contribution is 9.10. The van der Waals surface area contributed by atoms with Crippen molar-refractivity contribution in [3.8, 4) is 5.75 Å². The van der Waals surface area contributed by atoms with Crippen molar-refractivity contribution in [3.63, 3.8) is 0 Å². The molecule has 0 aliphatic heterocycles. The lowest BCUT2D eigenvalue weighted by Crippen LogP contribution is -1.95. The number of benzene rings is 1. The van der Waals surface area contributed by atoms with Crippen molar-refractivity contribution < 1.29 is 9.84 Å². The minimum atomic E-state index is -0.467. The normalized spacial score (nSPS) is 12.7. The third kappa shape index (κ3) is 2.23. The van der Waals surface area contributed by atoms with Gasteiger partial charge in [-0.1, -0.05) is 15.9 Å². The Labute approximate surface area is 86.7 Å². The quantitative estimate of drug-likeness (QED) is 0.868. The summed E-state index contributed by atoms with van der Waals surface area (Å²) in [4.78, 5) is 0. The first-order valence-electron chi connectivity index (χ1n) is 4.08. The van der Waals surface area contributed by atoms with Crippen molar-refractivity contribution in [1.82, 2.24) is 0 Å². The zero-order valence-corrected chi connectivity index (χ0v) is 9.55. The predicted molar refractivity (Wildman–Crippen MR) is 56.1 cm³/mol. The smallest absolute Gasteiger partial charge is 0.123 e. The summed E-state index contributed by atoms with van der Waals surface area (Å²) in [6.45, 7) is 3.70. The lowest BCUT2D eigenvalue weighted by molar-refractivity contribution is 0.198. The fourth-order valence-electron chi connectivity index (χ4n) is 1.13. The van der Waals surface area contributed by atoms with E-state index < -0.39 is 6.10 Å². The van der Waals surface area contributed by atoms with Crippen molar-refractivity contribution in [2.45, 2.75) is 20.0 Å². The molecule has 1 rings (SSSR count). The average Bonchev–Trinajstić information content (AvgIpc) is 2.09. The summed E-state index contributed by atoms with van der Waals surface area (Å²) < 4.78 is 6.14. The van der Waals surface area contributed by atoms with E-state index in [0.717, 1.165) is 21.3 Å². The molecule has 1 atom stereocenters. The van der Waals surface area contributed by atoms with Crippen LogP contribution in [0, 0.1) is 6.92 Å². The highest BCUT2D eigenvalue weighted by Gasteiger charge is 2.08. The molecular formula is C10H13BrO2. The molecule has 1 aromatic carbocycles. The van der Waals surface area contributed by atoms with E-state index in [2.05, 4.69) is 15.9 Å². The van der Waals surface area contributed by atoms with Crippen LogP contribution in [0.25, 0.3) is 0 Å². The second kappa shape index (κ2) is 4.11. The van der Waals surface area contributed by atoms with Gasteiger partial charge in [0.15, 0.2) is 0 Å². The number of aliphatic hydroxyl groups is 1. The Balaban J connectivity index is 3.22. The predicted octanol–water partition coefficient (Wildman–Crippen LogP) is 2.82. The van der Waals surface area contributed by atoms with Crippen LogP contribution in [-0.4, -0.2) is 12.2 Å². The highest BCUT2D eigenvalue weighted by Crippen LogP contribution is 2.30. The standard InChI is InChI=1S/C10H13BrO2/c1-6-9(11)4-8(7(2)12)5-10(6)13-3/h4-5,7,12H,1-3H3. The van der Waals surface area contributed by atoms with Crippen LogP contribution >= 0.6 is 15.9 Å². The lowest BCUT2D eigenvalue weighted by atomic mass is 10.1. The molecule has 0 amide bonds. The van der Waals surface area contributed by atoms with Gasteiger partial charge in [-0.25, -0.2) is 0 Å². The fourth-order valence-corrected chi connectivity index (χ4v) is 1.59. The first kappa shape index (κ1) is 10.5. The minimum absolute atomic E-state index is 0.467. The maximum Gasteiger partial charge on any atom is 0.123 e. The molecular weight excluding hydrogens is 232 g/mol. The molecule has 3 heteroatoms. The van der Waals surface area contributed by atoms with E-state index in [1.165, 1.54) is 0 Å². The van der Waals surface area contributed by atoms with Crippen LogP contribution in [0.2, 0.25) is 0 Å². The van der Waals surface area contributed by atoms with Crippen LogP contribution in [0.5, 0.6) is 5.75 Å². The van der Waals surface area contributed by atoms with Crippen molar-refractivity contribution in [1.29, 1.82) is 0 Å². The summed E-state index contributed by atoms with van der Waals surface area (Å²) in [6.07, 6.45) is -0.467. The molecule has 2 nitrogen and oxygen atoms in total. The van der Waals surface area contributed by atoms with E-state index in [1.807, 2.05) is 19.1 Å². The Morgan fingerprint density at radius 1 is 1.46 bits per heavy atom. The molecule has 0 bridgehead atoms. The molecule has 0 spiro atoms. The van der Waals surface area contributed by atoms with Gasteiger partial charge in [0, 0.05) is 10.0 Å². The monoisotopic (exact) mass is 244 g/mol. The first-order valence-corrected chi connectivity index (χ1v) is 4.87. The zero-order chi connectivity index (χ0) is 10.0. The SMILES string of the molecule is COc1cc(C(C)O)cc(Br)c1C. The molecule has 0 saturated heterocycles. The van der Waals surface area contributed by atoms with Gasteiger partial charge < -0.3 is 9.84 Å². The molecule has 1 N–H and O–H groups in total. The Bertz CT molecular complexity index is 308. The van der Waals surface area contributed by atoms with Crippen LogP contribution in [-0.2, 0) is 0 Å². The topological polar surface area (TPSA) is 29.5 Å². The summed E-state index contributed by atoms with van der Waals surface area (Å²) >= 11 is 3.41. The Morgan fingerprint density at radius 2 is 2.08 bits per heavy atom. The zero-order valence-electron chi connectivity index (χ0n) is 7.97. The number of ether oxygens (including phenoxy) is 1. The lowest BCUT2D eigenvalue weighted by Gasteiger charge is -2.11. The van der Waals surface area contributed by atoms with Gasteiger partial charge >= 0.3 is 0 Å². The van der Waals surface area contributed by atoms with Crippen LogP contribution < -0.4 is 4.74 Å². The number of methoxy groups -OCH3 is 1. The molecule has 0 heterocycles. The molecule has 1 aromatic rings. The van der Waals surface area contributed by atoms with Gasteiger partial charge in [-0.3, -0.25) is 0 Å². The van der Waals surface area contributed by atoms with Crippen LogP contribution in [0.1, 0.15) is 24.2 Å². The van der Waals surface area contributed by atoms with E-state index in [1.54, 1.807) is 14.0 Å². The molecule has 0 fully saturated rings. The summed E-state index contributed by atoms with van der Waals surface area (Å²) in [7, 11) is 1.63. The van der Waals surface area contributed by atoms with Crippen LogP contribution in [0.4, 0.5) is 0 Å². The summed E-state index contributed by atoms with van der Waals surface area (Å²) in [6, 6.07) is 3.76. The van der Waals surface area contributed by atoms with Crippen molar-refractivity contribution in [2.24, 2.45) is 0 Å². The molecule has 0 aromatic heterocycles. The maximum atomic E-state index is 9.38. The third-order valence-electron chi connectivity index (χ3n) is 2.02. The second-order valence-corrected chi connectivity index (χ2v) is 3.86. The van der Waals surface area contributed by atoms with Crippen molar-refractivity contribution in [2.75, 3.05) is 7.11 Å². The van der Waals surface area contributed by atoms with Gasteiger partial charge in [-0.2, -0.15) is 0 Å². The third-order valence-corrected chi connectivity index (χ3v) is 2.84. The van der Waals surface area contributed by atoms with Crippen molar-refractivity contribution in [3.05, 3.63) is 27.7 Å². The maximum absolute atomic E-state index is 9.38. The van der Waals surface area contributed by atoms with Gasteiger partial charge in [-0.15, -0.1) is 0 Å². The summed E-state index contributed by atoms with van der Waals surface area (Å²) in [5.41, 5.74) is 1.90. The first-order chi connectivity index (χ1) is 6.06. The molecule has 1 unspecified atom stereocenters. The molecule has 13 heavy (non-hydrogen) atoms. The Hall–Kier alpha value is -0.540. The molecule has 0 aliphatic rings. The minimum Gasteiger partial charge on any atom is -0.496 e. The number of rotatable bonds is 2. The molecule has 72 valence electrons. The molecule has 0 radical (unpaired) electrons.